The lowest BCUT2D eigenvalue weighted by atomic mass is 10.0. The SMILES string of the molecule is CCC(NCC1(SC)CCCC1)c1ccccc1. The van der Waals surface area contributed by atoms with Crippen LogP contribution in [0.15, 0.2) is 30.3 Å². The van der Waals surface area contributed by atoms with Gasteiger partial charge in [0.25, 0.3) is 0 Å². The van der Waals surface area contributed by atoms with E-state index in [4.69, 9.17) is 0 Å². The van der Waals surface area contributed by atoms with Crippen molar-refractivity contribution in [2.45, 2.75) is 49.8 Å². The Morgan fingerprint density at radius 2 is 1.89 bits per heavy atom. The predicted octanol–water partition coefficient (Wildman–Crippen LogP) is 4.40. The van der Waals surface area contributed by atoms with Crippen LogP contribution in [-0.2, 0) is 0 Å². The summed E-state index contributed by atoms with van der Waals surface area (Å²) in [6, 6.07) is 11.4. The van der Waals surface area contributed by atoms with Gasteiger partial charge >= 0.3 is 0 Å². The summed E-state index contributed by atoms with van der Waals surface area (Å²) in [5.41, 5.74) is 1.43. The van der Waals surface area contributed by atoms with Crippen molar-refractivity contribution in [1.82, 2.24) is 5.32 Å². The van der Waals surface area contributed by atoms with Crippen LogP contribution in [0.1, 0.15) is 50.6 Å². The van der Waals surface area contributed by atoms with Crippen LogP contribution < -0.4 is 5.32 Å². The van der Waals surface area contributed by atoms with Gasteiger partial charge < -0.3 is 5.32 Å². The van der Waals surface area contributed by atoms with Gasteiger partial charge in [0, 0.05) is 17.3 Å². The van der Waals surface area contributed by atoms with Gasteiger partial charge in [-0.15, -0.1) is 0 Å². The summed E-state index contributed by atoms with van der Waals surface area (Å²) < 4.78 is 0.502. The zero-order valence-corrected chi connectivity index (χ0v) is 12.4. The molecule has 1 aromatic rings. The van der Waals surface area contributed by atoms with Gasteiger partial charge in [-0.1, -0.05) is 50.1 Å². The molecule has 1 saturated carbocycles. The highest BCUT2D eigenvalue weighted by Crippen LogP contribution is 2.40. The molecule has 1 N–H and O–H groups in total. The Morgan fingerprint density at radius 3 is 2.44 bits per heavy atom. The van der Waals surface area contributed by atoms with Crippen molar-refractivity contribution in [1.29, 1.82) is 0 Å². The van der Waals surface area contributed by atoms with Gasteiger partial charge in [-0.25, -0.2) is 0 Å². The summed E-state index contributed by atoms with van der Waals surface area (Å²) in [5, 5.41) is 3.80. The predicted molar refractivity (Wildman–Crippen MR) is 82.2 cm³/mol. The number of hydrogen-bond acceptors (Lipinski definition) is 2. The molecule has 0 amide bonds. The number of thioether (sulfide) groups is 1. The molecule has 1 aromatic carbocycles. The molecule has 100 valence electrons. The van der Waals surface area contributed by atoms with Gasteiger partial charge in [-0.05, 0) is 31.1 Å². The zero-order chi connectivity index (χ0) is 12.8. The van der Waals surface area contributed by atoms with Crippen molar-refractivity contribution >= 4 is 11.8 Å². The van der Waals surface area contributed by atoms with E-state index in [0.717, 1.165) is 13.0 Å². The van der Waals surface area contributed by atoms with E-state index in [1.54, 1.807) is 0 Å². The quantitative estimate of drug-likeness (QED) is 0.816. The zero-order valence-electron chi connectivity index (χ0n) is 11.6. The van der Waals surface area contributed by atoms with Crippen molar-refractivity contribution in [2.24, 2.45) is 0 Å². The molecule has 0 spiro atoms. The Morgan fingerprint density at radius 1 is 1.22 bits per heavy atom. The first-order valence-corrected chi connectivity index (χ1v) is 8.35. The second kappa shape index (κ2) is 6.63. The largest absolute Gasteiger partial charge is 0.309 e. The fourth-order valence-electron chi connectivity index (χ4n) is 2.96. The van der Waals surface area contributed by atoms with E-state index in [9.17, 15) is 0 Å². The van der Waals surface area contributed by atoms with Crippen molar-refractivity contribution in [2.75, 3.05) is 12.8 Å². The lowest BCUT2D eigenvalue weighted by Crippen LogP contribution is -2.37. The molecular weight excluding hydrogens is 238 g/mol. The molecule has 1 atom stereocenters. The second-order valence-corrected chi connectivity index (χ2v) is 6.62. The van der Waals surface area contributed by atoms with Crippen LogP contribution in [0.2, 0.25) is 0 Å². The molecule has 0 saturated heterocycles. The monoisotopic (exact) mass is 263 g/mol. The van der Waals surface area contributed by atoms with Gasteiger partial charge in [0.1, 0.15) is 0 Å². The normalized spacial score (nSPS) is 19.9. The van der Waals surface area contributed by atoms with E-state index < -0.39 is 0 Å². The highest BCUT2D eigenvalue weighted by Gasteiger charge is 2.33. The summed E-state index contributed by atoms with van der Waals surface area (Å²) in [5.74, 6) is 0. The van der Waals surface area contributed by atoms with E-state index in [1.165, 1.54) is 31.2 Å². The molecule has 2 heteroatoms. The lowest BCUT2D eigenvalue weighted by molar-refractivity contribution is 0.458. The Hall–Kier alpha value is -0.470. The van der Waals surface area contributed by atoms with Gasteiger partial charge in [0.2, 0.25) is 0 Å². The maximum absolute atomic E-state index is 3.80. The van der Waals surface area contributed by atoms with Gasteiger partial charge in [-0.2, -0.15) is 11.8 Å². The lowest BCUT2D eigenvalue weighted by Gasteiger charge is -2.30. The average Bonchev–Trinajstić information content (AvgIpc) is 2.90. The Labute approximate surface area is 116 Å². The summed E-state index contributed by atoms with van der Waals surface area (Å²) in [7, 11) is 0. The van der Waals surface area contributed by atoms with Crippen molar-refractivity contribution in [3.05, 3.63) is 35.9 Å². The molecule has 1 unspecified atom stereocenters. The smallest absolute Gasteiger partial charge is 0.0318 e. The van der Waals surface area contributed by atoms with Gasteiger partial charge in [0.15, 0.2) is 0 Å². The van der Waals surface area contributed by atoms with E-state index in [-0.39, 0.29) is 0 Å². The fraction of sp³-hybridized carbons (Fsp3) is 0.625. The molecule has 0 bridgehead atoms. The fourth-order valence-corrected chi connectivity index (χ4v) is 3.89. The van der Waals surface area contributed by atoms with Crippen LogP contribution >= 0.6 is 11.8 Å². The second-order valence-electron chi connectivity index (χ2n) is 5.35. The van der Waals surface area contributed by atoms with Crippen molar-refractivity contribution < 1.29 is 0 Å². The van der Waals surface area contributed by atoms with Crippen molar-refractivity contribution in [3.63, 3.8) is 0 Å². The van der Waals surface area contributed by atoms with Crippen LogP contribution in [0.3, 0.4) is 0 Å². The van der Waals surface area contributed by atoms with E-state index in [1.807, 2.05) is 0 Å². The third-order valence-electron chi connectivity index (χ3n) is 4.23. The Bertz CT molecular complexity index is 343. The minimum atomic E-state index is 0.502. The summed E-state index contributed by atoms with van der Waals surface area (Å²) in [6.45, 7) is 3.42. The standard InChI is InChI=1S/C16H25NS/c1-3-15(14-9-5-4-6-10-14)17-13-16(18-2)11-7-8-12-16/h4-6,9-10,15,17H,3,7-8,11-13H2,1-2H3. The minimum absolute atomic E-state index is 0.502. The molecule has 1 aliphatic rings. The maximum Gasteiger partial charge on any atom is 0.0318 e. The molecule has 0 radical (unpaired) electrons. The van der Waals surface area contributed by atoms with E-state index in [2.05, 4.69) is 60.6 Å². The molecule has 0 heterocycles. The molecule has 1 fully saturated rings. The average molecular weight is 263 g/mol. The van der Waals surface area contributed by atoms with E-state index in [0.29, 0.717) is 10.8 Å². The Kier molecular flexibility index (Phi) is 5.13. The molecule has 1 nitrogen and oxygen atoms in total. The summed E-state index contributed by atoms with van der Waals surface area (Å²) in [4.78, 5) is 0. The van der Waals surface area contributed by atoms with Gasteiger partial charge in [-0.3, -0.25) is 0 Å². The van der Waals surface area contributed by atoms with Crippen LogP contribution in [0.25, 0.3) is 0 Å². The number of rotatable bonds is 6. The molecule has 2 rings (SSSR count). The minimum Gasteiger partial charge on any atom is -0.309 e. The Balaban J connectivity index is 1.95. The summed E-state index contributed by atoms with van der Waals surface area (Å²) in [6.07, 6.45) is 9.01. The number of benzene rings is 1. The summed E-state index contributed by atoms with van der Waals surface area (Å²) >= 11 is 2.07. The molecule has 0 aliphatic heterocycles. The van der Waals surface area contributed by atoms with Gasteiger partial charge in [0.05, 0.1) is 0 Å². The number of hydrogen-bond donors (Lipinski definition) is 1. The number of nitrogens with one attached hydrogen (secondary N) is 1. The topological polar surface area (TPSA) is 12.0 Å². The molecule has 18 heavy (non-hydrogen) atoms. The van der Waals surface area contributed by atoms with Crippen LogP contribution in [0, 0.1) is 0 Å². The molecule has 0 aromatic heterocycles. The van der Waals surface area contributed by atoms with Crippen LogP contribution in [-0.4, -0.2) is 17.5 Å². The molecular formula is C16H25NS. The third-order valence-corrected chi connectivity index (χ3v) is 5.65. The first-order valence-electron chi connectivity index (χ1n) is 7.13. The first kappa shape index (κ1) is 14.0. The third kappa shape index (κ3) is 3.30. The molecule has 1 aliphatic carbocycles. The van der Waals surface area contributed by atoms with Crippen molar-refractivity contribution in [3.8, 4) is 0 Å². The van der Waals surface area contributed by atoms with Crippen LogP contribution in [0.5, 0.6) is 0 Å². The maximum atomic E-state index is 3.80. The highest BCUT2D eigenvalue weighted by atomic mass is 32.2. The van der Waals surface area contributed by atoms with Crippen LogP contribution in [0.4, 0.5) is 0 Å². The van der Waals surface area contributed by atoms with E-state index >= 15 is 0 Å². The highest BCUT2D eigenvalue weighted by molar-refractivity contribution is 8.00. The first-order chi connectivity index (χ1) is 8.79.